The van der Waals surface area contributed by atoms with Crippen LogP contribution in [0.15, 0.2) is 4.99 Å². The molecule has 2 saturated heterocycles. The molecule has 2 aliphatic heterocycles. The van der Waals surface area contributed by atoms with Crippen molar-refractivity contribution >= 4 is 29.9 Å². The van der Waals surface area contributed by atoms with Crippen LogP contribution < -0.4 is 10.6 Å². The second kappa shape index (κ2) is 13.2. The van der Waals surface area contributed by atoms with Crippen molar-refractivity contribution in [2.24, 2.45) is 4.99 Å². The monoisotopic (exact) mass is 452 g/mol. The zero-order valence-corrected chi connectivity index (χ0v) is 17.9. The van der Waals surface area contributed by atoms with Gasteiger partial charge in [-0.15, -0.1) is 24.0 Å². The fourth-order valence-corrected chi connectivity index (χ4v) is 3.52. The van der Waals surface area contributed by atoms with Crippen molar-refractivity contribution in [1.82, 2.24) is 15.5 Å². The summed E-state index contributed by atoms with van der Waals surface area (Å²) in [5.41, 5.74) is 0. The second-order valence-electron chi connectivity index (χ2n) is 6.85. The highest BCUT2D eigenvalue weighted by molar-refractivity contribution is 14.0. The zero-order valence-electron chi connectivity index (χ0n) is 15.6. The first-order chi connectivity index (χ1) is 11.3. The molecule has 0 saturated carbocycles. The molecule has 2 unspecified atom stereocenters. The summed E-state index contributed by atoms with van der Waals surface area (Å²) >= 11 is 0. The smallest absolute Gasteiger partial charge is 0.191 e. The number of likely N-dealkylation sites (tertiary alicyclic amines) is 1. The maximum absolute atomic E-state index is 5.66. The molecule has 5 nitrogen and oxygen atoms in total. The van der Waals surface area contributed by atoms with Gasteiger partial charge >= 0.3 is 0 Å². The molecule has 0 amide bonds. The Morgan fingerprint density at radius 2 is 2.08 bits per heavy atom. The van der Waals surface area contributed by atoms with E-state index in [0.29, 0.717) is 6.10 Å². The van der Waals surface area contributed by atoms with Gasteiger partial charge in [0.05, 0.1) is 6.10 Å². The summed E-state index contributed by atoms with van der Waals surface area (Å²) in [6.07, 6.45) is 9.22. The van der Waals surface area contributed by atoms with Crippen LogP contribution in [0.2, 0.25) is 0 Å². The van der Waals surface area contributed by atoms with Crippen LogP contribution in [0.25, 0.3) is 0 Å². The van der Waals surface area contributed by atoms with Gasteiger partial charge in [0.2, 0.25) is 0 Å². The Hall–Kier alpha value is -0.0800. The molecule has 24 heavy (non-hydrogen) atoms. The van der Waals surface area contributed by atoms with E-state index >= 15 is 0 Å². The molecule has 0 spiro atoms. The van der Waals surface area contributed by atoms with Gasteiger partial charge in [0.25, 0.3) is 0 Å². The van der Waals surface area contributed by atoms with Crippen molar-refractivity contribution < 1.29 is 4.74 Å². The number of nitrogens with zero attached hydrogens (tertiary/aromatic N) is 2. The quantitative estimate of drug-likeness (QED) is 0.257. The van der Waals surface area contributed by atoms with Gasteiger partial charge in [-0.25, -0.2) is 0 Å². The number of piperidine rings is 1. The number of hydrogen-bond acceptors (Lipinski definition) is 3. The maximum Gasteiger partial charge on any atom is 0.191 e. The van der Waals surface area contributed by atoms with E-state index in [4.69, 9.17) is 9.73 Å². The lowest BCUT2D eigenvalue weighted by Gasteiger charge is -2.33. The van der Waals surface area contributed by atoms with Gasteiger partial charge in [0.15, 0.2) is 5.96 Å². The third kappa shape index (κ3) is 8.34. The minimum absolute atomic E-state index is 0. The summed E-state index contributed by atoms with van der Waals surface area (Å²) in [5.74, 6) is 0.956. The summed E-state index contributed by atoms with van der Waals surface area (Å²) in [6, 6.07) is 0.755. The Balaban J connectivity index is 0.00000288. The van der Waals surface area contributed by atoms with Crippen LogP contribution in [0.5, 0.6) is 0 Å². The molecular weight excluding hydrogens is 415 g/mol. The molecule has 0 bridgehead atoms. The van der Waals surface area contributed by atoms with Gasteiger partial charge in [-0.3, -0.25) is 4.99 Å². The van der Waals surface area contributed by atoms with E-state index in [9.17, 15) is 0 Å². The van der Waals surface area contributed by atoms with E-state index in [-0.39, 0.29) is 24.0 Å². The van der Waals surface area contributed by atoms with Crippen molar-refractivity contribution in [1.29, 1.82) is 0 Å². The average Bonchev–Trinajstić information content (AvgIpc) is 3.06. The van der Waals surface area contributed by atoms with E-state index < -0.39 is 0 Å². The van der Waals surface area contributed by atoms with Gasteiger partial charge in [0.1, 0.15) is 0 Å². The predicted octanol–water partition coefficient (Wildman–Crippen LogP) is 2.99. The number of hydrogen-bond donors (Lipinski definition) is 2. The lowest BCUT2D eigenvalue weighted by Crippen LogP contribution is -2.39. The first-order valence-electron chi connectivity index (χ1n) is 9.67. The molecule has 0 aromatic rings. The lowest BCUT2D eigenvalue weighted by molar-refractivity contribution is 0.105. The average molecular weight is 452 g/mol. The largest absolute Gasteiger partial charge is 0.378 e. The van der Waals surface area contributed by atoms with Crippen molar-refractivity contribution in [3.63, 3.8) is 0 Å². The van der Waals surface area contributed by atoms with E-state index in [1.807, 2.05) is 0 Å². The van der Waals surface area contributed by atoms with Crippen molar-refractivity contribution in [3.05, 3.63) is 0 Å². The topological polar surface area (TPSA) is 48.9 Å². The van der Waals surface area contributed by atoms with Crippen LogP contribution >= 0.6 is 24.0 Å². The maximum atomic E-state index is 5.66. The Morgan fingerprint density at radius 3 is 2.79 bits per heavy atom. The number of nitrogens with one attached hydrogen (secondary N) is 2. The zero-order chi connectivity index (χ0) is 16.3. The fraction of sp³-hybridized carbons (Fsp3) is 0.944. The van der Waals surface area contributed by atoms with Crippen molar-refractivity contribution in [3.8, 4) is 0 Å². The van der Waals surface area contributed by atoms with Crippen molar-refractivity contribution in [2.75, 3.05) is 39.3 Å². The molecular formula is C18H37IN4O. The Labute approximate surface area is 165 Å². The third-order valence-corrected chi connectivity index (χ3v) is 4.94. The fourth-order valence-electron chi connectivity index (χ4n) is 3.52. The molecule has 0 aliphatic carbocycles. The van der Waals surface area contributed by atoms with E-state index in [1.165, 1.54) is 45.2 Å². The summed E-state index contributed by atoms with van der Waals surface area (Å²) in [6.45, 7) is 10.6. The Kier molecular flexibility index (Phi) is 12.0. The number of aliphatic imine (C=N–C) groups is 1. The highest BCUT2D eigenvalue weighted by atomic mass is 127. The Morgan fingerprint density at radius 1 is 1.21 bits per heavy atom. The third-order valence-electron chi connectivity index (χ3n) is 4.94. The van der Waals surface area contributed by atoms with E-state index in [2.05, 4.69) is 29.4 Å². The first kappa shape index (κ1) is 22.0. The van der Waals surface area contributed by atoms with E-state index in [1.54, 1.807) is 0 Å². The lowest BCUT2D eigenvalue weighted by atomic mass is 10.0. The molecule has 2 fully saturated rings. The van der Waals surface area contributed by atoms with Gasteiger partial charge in [-0.05, 0) is 58.9 Å². The van der Waals surface area contributed by atoms with Crippen LogP contribution in [0.1, 0.15) is 58.8 Å². The molecule has 2 heterocycles. The Bertz CT molecular complexity index is 348. The van der Waals surface area contributed by atoms with Crippen LogP contribution in [0.3, 0.4) is 0 Å². The molecule has 2 N–H and O–H groups in total. The molecule has 2 atom stereocenters. The number of rotatable bonds is 8. The summed E-state index contributed by atoms with van der Waals surface area (Å²) in [5, 5.41) is 6.78. The molecule has 142 valence electrons. The standard InChI is InChI=1S/C18H36N4O.HI/c1-3-19-18(21-12-10-17-9-6-15-23-17)20-11-7-14-22-13-5-4-8-16(22)2;/h16-17H,3-15H2,1-2H3,(H2,19,20,21);1H. The summed E-state index contributed by atoms with van der Waals surface area (Å²) < 4.78 is 5.66. The normalized spacial score (nSPS) is 25.3. The molecule has 0 aromatic heterocycles. The molecule has 2 aliphatic rings. The summed E-state index contributed by atoms with van der Waals surface area (Å²) in [7, 11) is 0. The number of guanidine groups is 1. The van der Waals surface area contributed by atoms with Crippen LogP contribution in [-0.2, 0) is 4.74 Å². The number of ether oxygens (including phenoxy) is 1. The van der Waals surface area contributed by atoms with Crippen LogP contribution in [0.4, 0.5) is 0 Å². The van der Waals surface area contributed by atoms with Crippen LogP contribution in [0, 0.1) is 0 Å². The predicted molar refractivity (Wildman–Crippen MR) is 112 cm³/mol. The minimum Gasteiger partial charge on any atom is -0.378 e. The molecule has 2 rings (SSSR count). The highest BCUT2D eigenvalue weighted by Gasteiger charge is 2.17. The van der Waals surface area contributed by atoms with Gasteiger partial charge in [0, 0.05) is 38.8 Å². The first-order valence-corrected chi connectivity index (χ1v) is 9.67. The molecule has 0 radical (unpaired) electrons. The summed E-state index contributed by atoms with van der Waals surface area (Å²) in [4.78, 5) is 7.34. The van der Waals surface area contributed by atoms with Crippen LogP contribution in [-0.4, -0.2) is 62.3 Å². The highest BCUT2D eigenvalue weighted by Crippen LogP contribution is 2.16. The molecule has 0 aromatic carbocycles. The number of halogens is 1. The molecule has 6 heteroatoms. The van der Waals surface area contributed by atoms with Gasteiger partial charge in [-0.1, -0.05) is 6.42 Å². The van der Waals surface area contributed by atoms with E-state index in [0.717, 1.165) is 51.1 Å². The van der Waals surface area contributed by atoms with Gasteiger partial charge in [-0.2, -0.15) is 0 Å². The second-order valence-corrected chi connectivity index (χ2v) is 6.85. The van der Waals surface area contributed by atoms with Crippen molar-refractivity contribution in [2.45, 2.75) is 70.9 Å². The minimum atomic E-state index is 0. The van der Waals surface area contributed by atoms with Gasteiger partial charge < -0.3 is 20.3 Å². The SMILES string of the molecule is CCNC(=NCCCN1CCCCC1C)NCCC1CCCO1.I.